The molecule has 22 heavy (non-hydrogen) atoms. The number of nitrogens with one attached hydrogen (secondary N) is 1. The normalized spacial score (nSPS) is 12.7. The summed E-state index contributed by atoms with van der Waals surface area (Å²) in [6.45, 7) is 2.96. The van der Waals surface area contributed by atoms with Crippen LogP contribution in [0.15, 0.2) is 42.6 Å². The average molecular weight is 296 g/mol. The van der Waals surface area contributed by atoms with Crippen LogP contribution in [0.2, 0.25) is 0 Å². The maximum Gasteiger partial charge on any atom is 0.181 e. The van der Waals surface area contributed by atoms with E-state index in [9.17, 15) is 0 Å². The smallest absolute Gasteiger partial charge is 0.181 e. The fourth-order valence-electron chi connectivity index (χ4n) is 2.55. The fraction of sp³-hybridized carbons (Fsp3) is 0.294. The van der Waals surface area contributed by atoms with Crippen LogP contribution in [0.25, 0.3) is 22.3 Å². The Kier molecular flexibility index (Phi) is 4.06. The van der Waals surface area contributed by atoms with Gasteiger partial charge < -0.3 is 9.64 Å². The van der Waals surface area contributed by atoms with Crippen LogP contribution in [0.5, 0.6) is 5.75 Å². The van der Waals surface area contributed by atoms with E-state index in [2.05, 4.69) is 27.0 Å². The van der Waals surface area contributed by atoms with Gasteiger partial charge in [-0.2, -0.15) is 5.10 Å². The summed E-state index contributed by atoms with van der Waals surface area (Å²) in [5.41, 5.74) is 2.79. The molecule has 2 aromatic heterocycles. The third-order valence-corrected chi connectivity index (χ3v) is 3.43. The third-order valence-electron chi connectivity index (χ3n) is 3.43. The molecule has 0 fully saturated rings. The Hall–Kier alpha value is -2.40. The zero-order chi connectivity index (χ0) is 15.5. The Morgan fingerprint density at radius 3 is 2.68 bits per heavy atom. The summed E-state index contributed by atoms with van der Waals surface area (Å²) in [5, 5.41) is 8.31. The van der Waals surface area contributed by atoms with Crippen LogP contribution in [-0.4, -0.2) is 46.8 Å². The molecular weight excluding hydrogens is 276 g/mol. The van der Waals surface area contributed by atoms with Gasteiger partial charge in [0.25, 0.3) is 0 Å². The number of nitrogens with zero attached hydrogens (tertiary/aromatic N) is 3. The lowest BCUT2D eigenvalue weighted by Gasteiger charge is -2.18. The van der Waals surface area contributed by atoms with Crippen molar-refractivity contribution in [2.75, 3.05) is 20.6 Å². The highest BCUT2D eigenvalue weighted by Gasteiger charge is 2.09. The molecule has 5 nitrogen and oxygen atoms in total. The van der Waals surface area contributed by atoms with E-state index in [1.807, 2.05) is 50.5 Å². The first-order chi connectivity index (χ1) is 10.6. The van der Waals surface area contributed by atoms with Gasteiger partial charge in [0.1, 0.15) is 11.9 Å². The second kappa shape index (κ2) is 6.15. The van der Waals surface area contributed by atoms with Gasteiger partial charge >= 0.3 is 0 Å². The number of aromatic amines is 1. The van der Waals surface area contributed by atoms with Gasteiger partial charge in [-0.25, -0.2) is 4.98 Å². The molecule has 0 aliphatic rings. The molecule has 1 aromatic carbocycles. The Balaban J connectivity index is 1.79. The van der Waals surface area contributed by atoms with Crippen molar-refractivity contribution in [1.82, 2.24) is 20.1 Å². The maximum absolute atomic E-state index is 5.91. The Morgan fingerprint density at radius 2 is 1.95 bits per heavy atom. The van der Waals surface area contributed by atoms with Gasteiger partial charge in [-0.1, -0.05) is 0 Å². The highest BCUT2D eigenvalue weighted by atomic mass is 16.5. The van der Waals surface area contributed by atoms with E-state index in [4.69, 9.17) is 4.74 Å². The molecule has 1 unspecified atom stereocenters. The minimum absolute atomic E-state index is 0.151. The molecule has 0 spiro atoms. The average Bonchev–Trinajstić information content (AvgIpc) is 2.91. The zero-order valence-corrected chi connectivity index (χ0v) is 13.1. The number of benzene rings is 1. The predicted molar refractivity (Wildman–Crippen MR) is 88.0 cm³/mol. The molecule has 0 amide bonds. The Labute approximate surface area is 129 Å². The summed E-state index contributed by atoms with van der Waals surface area (Å²) in [6, 6.07) is 12.0. The summed E-state index contributed by atoms with van der Waals surface area (Å²) < 4.78 is 5.91. The Morgan fingerprint density at radius 1 is 1.18 bits per heavy atom. The third kappa shape index (κ3) is 3.09. The van der Waals surface area contributed by atoms with Crippen LogP contribution < -0.4 is 4.74 Å². The number of hydrogen-bond acceptors (Lipinski definition) is 4. The van der Waals surface area contributed by atoms with Crippen LogP contribution in [0, 0.1) is 0 Å². The fourth-order valence-corrected chi connectivity index (χ4v) is 2.55. The number of likely N-dealkylation sites (N-methyl/N-ethyl adjacent to an activating group) is 1. The lowest BCUT2D eigenvalue weighted by atomic mass is 10.1. The van der Waals surface area contributed by atoms with Crippen molar-refractivity contribution in [3.8, 4) is 17.0 Å². The second-order valence-corrected chi connectivity index (χ2v) is 5.69. The molecule has 0 saturated carbocycles. The zero-order valence-electron chi connectivity index (χ0n) is 13.1. The largest absolute Gasteiger partial charge is 0.489 e. The molecule has 0 aliphatic heterocycles. The molecule has 3 aromatic rings. The minimum atomic E-state index is 0.151. The van der Waals surface area contributed by atoms with Gasteiger partial charge in [0.05, 0.1) is 5.69 Å². The maximum atomic E-state index is 5.91. The van der Waals surface area contributed by atoms with E-state index in [0.29, 0.717) is 0 Å². The summed E-state index contributed by atoms with van der Waals surface area (Å²) in [7, 11) is 4.08. The van der Waals surface area contributed by atoms with E-state index in [0.717, 1.165) is 34.6 Å². The van der Waals surface area contributed by atoms with E-state index < -0.39 is 0 Å². The summed E-state index contributed by atoms with van der Waals surface area (Å²) in [6.07, 6.45) is 1.90. The minimum Gasteiger partial charge on any atom is -0.489 e. The van der Waals surface area contributed by atoms with E-state index in [1.165, 1.54) is 0 Å². The topological polar surface area (TPSA) is 54.0 Å². The molecule has 1 atom stereocenters. The van der Waals surface area contributed by atoms with Crippen LogP contribution in [0.3, 0.4) is 0 Å². The quantitative estimate of drug-likeness (QED) is 0.786. The molecule has 0 aliphatic carbocycles. The van der Waals surface area contributed by atoms with Crippen molar-refractivity contribution in [3.63, 3.8) is 0 Å². The molecule has 2 heterocycles. The lowest BCUT2D eigenvalue weighted by molar-refractivity contribution is 0.177. The summed E-state index contributed by atoms with van der Waals surface area (Å²) in [5.74, 6) is 0.875. The number of pyridine rings is 1. The van der Waals surface area contributed by atoms with Gasteiger partial charge in [-0.05, 0) is 57.4 Å². The molecule has 1 N–H and O–H groups in total. The molecule has 0 radical (unpaired) electrons. The molecule has 0 bridgehead atoms. The molecule has 5 heteroatoms. The van der Waals surface area contributed by atoms with Gasteiger partial charge in [0.15, 0.2) is 5.65 Å². The molecule has 114 valence electrons. The Bertz CT molecular complexity index is 749. The van der Waals surface area contributed by atoms with Crippen molar-refractivity contribution in [1.29, 1.82) is 0 Å². The first kappa shape index (κ1) is 14.5. The number of fused-ring (bicyclic) bond motifs is 1. The van der Waals surface area contributed by atoms with Gasteiger partial charge in [-0.3, -0.25) is 5.10 Å². The highest BCUT2D eigenvalue weighted by molar-refractivity contribution is 5.90. The van der Waals surface area contributed by atoms with Crippen molar-refractivity contribution in [2.45, 2.75) is 13.0 Å². The highest BCUT2D eigenvalue weighted by Crippen LogP contribution is 2.26. The molecular formula is C17H20N4O. The monoisotopic (exact) mass is 296 g/mol. The van der Waals surface area contributed by atoms with Crippen molar-refractivity contribution >= 4 is 11.0 Å². The number of hydrogen-bond donors (Lipinski definition) is 1. The first-order valence-corrected chi connectivity index (χ1v) is 7.34. The predicted octanol–water partition coefficient (Wildman–Crippen LogP) is 2.95. The van der Waals surface area contributed by atoms with E-state index in [-0.39, 0.29) is 6.10 Å². The van der Waals surface area contributed by atoms with Crippen LogP contribution in [0.1, 0.15) is 6.92 Å². The standard InChI is InChI=1S/C17H20N4O/c1-12(11-21(2)3)22-14-8-6-13(7-9-14)16-15-5-4-10-18-17(15)20-19-16/h4-10,12H,11H2,1-3H3,(H,18,19,20). The lowest BCUT2D eigenvalue weighted by Crippen LogP contribution is -2.27. The van der Waals surface area contributed by atoms with Crippen LogP contribution in [0.4, 0.5) is 0 Å². The SMILES string of the molecule is CC(CN(C)C)Oc1ccc(-c2[nH]nc3ncccc23)cc1. The summed E-state index contributed by atoms with van der Waals surface area (Å²) >= 11 is 0. The van der Waals surface area contributed by atoms with E-state index >= 15 is 0 Å². The summed E-state index contributed by atoms with van der Waals surface area (Å²) in [4.78, 5) is 6.35. The van der Waals surface area contributed by atoms with Crippen LogP contribution in [-0.2, 0) is 0 Å². The number of H-pyrrole nitrogens is 1. The van der Waals surface area contributed by atoms with Gasteiger partial charge in [-0.15, -0.1) is 0 Å². The van der Waals surface area contributed by atoms with Crippen molar-refractivity contribution < 1.29 is 4.74 Å². The van der Waals surface area contributed by atoms with Gasteiger partial charge in [0.2, 0.25) is 0 Å². The van der Waals surface area contributed by atoms with Crippen LogP contribution >= 0.6 is 0 Å². The first-order valence-electron chi connectivity index (χ1n) is 7.34. The van der Waals surface area contributed by atoms with Crippen molar-refractivity contribution in [3.05, 3.63) is 42.6 Å². The van der Waals surface area contributed by atoms with E-state index in [1.54, 1.807) is 6.20 Å². The molecule has 3 rings (SSSR count). The number of aromatic nitrogens is 3. The van der Waals surface area contributed by atoms with Gasteiger partial charge in [0, 0.05) is 23.7 Å². The molecule has 0 saturated heterocycles. The van der Waals surface area contributed by atoms with Crippen molar-refractivity contribution in [2.24, 2.45) is 0 Å². The number of rotatable bonds is 5. The second-order valence-electron chi connectivity index (χ2n) is 5.69. The number of ether oxygens (including phenoxy) is 1.